The second-order valence-electron chi connectivity index (χ2n) is 6.75. The number of carboxylic acids is 1. The van der Waals surface area contributed by atoms with Gasteiger partial charge in [-0.1, -0.05) is 91.0 Å². The van der Waals surface area contributed by atoms with Crippen LogP contribution in [0, 0.1) is 0 Å². The molecule has 3 N–H and O–H groups in total. The number of aliphatic carboxylic acids is 1. The number of rotatable bonds is 6. The van der Waals surface area contributed by atoms with E-state index in [4.69, 9.17) is 10.5 Å². The molecule has 0 spiro atoms. The summed E-state index contributed by atoms with van der Waals surface area (Å²) in [4.78, 5) is 16.5. The maximum absolute atomic E-state index is 11.9. The molecule has 0 aliphatic carbocycles. The average molecular weight is 396 g/mol. The van der Waals surface area contributed by atoms with Crippen molar-refractivity contribution in [1.29, 1.82) is 0 Å². The standard InChI is InChI=1S/C25H20N2O3/c26-22-20(17-10-4-1-5-11-17)16-21(18-12-6-2-7-13-18)27-24(22)30-23(25(28)29)19-14-8-3-9-15-19/h1-16,23H,26H2,(H,28,29). The van der Waals surface area contributed by atoms with Crippen molar-refractivity contribution in [2.24, 2.45) is 0 Å². The topological polar surface area (TPSA) is 85.4 Å². The molecule has 1 atom stereocenters. The number of aromatic nitrogens is 1. The van der Waals surface area contributed by atoms with Crippen molar-refractivity contribution in [3.63, 3.8) is 0 Å². The Balaban J connectivity index is 1.85. The summed E-state index contributed by atoms with van der Waals surface area (Å²) >= 11 is 0. The molecule has 0 amide bonds. The Morgan fingerprint density at radius 2 is 1.37 bits per heavy atom. The van der Waals surface area contributed by atoms with E-state index in [1.165, 1.54) is 0 Å². The van der Waals surface area contributed by atoms with E-state index in [9.17, 15) is 9.90 Å². The minimum absolute atomic E-state index is 0.0893. The Morgan fingerprint density at radius 3 is 1.93 bits per heavy atom. The number of ether oxygens (including phenoxy) is 1. The summed E-state index contributed by atoms with van der Waals surface area (Å²) in [7, 11) is 0. The fourth-order valence-electron chi connectivity index (χ4n) is 3.24. The molecule has 1 unspecified atom stereocenters. The van der Waals surface area contributed by atoms with Gasteiger partial charge < -0.3 is 15.6 Å². The highest BCUT2D eigenvalue weighted by atomic mass is 16.5. The highest BCUT2D eigenvalue weighted by molar-refractivity contribution is 5.84. The van der Waals surface area contributed by atoms with Gasteiger partial charge in [-0.2, -0.15) is 0 Å². The van der Waals surface area contributed by atoms with Gasteiger partial charge in [-0.3, -0.25) is 0 Å². The number of carbonyl (C=O) groups is 1. The summed E-state index contributed by atoms with van der Waals surface area (Å²) in [5.74, 6) is -1.03. The monoisotopic (exact) mass is 396 g/mol. The van der Waals surface area contributed by atoms with Crippen LogP contribution >= 0.6 is 0 Å². The molecule has 0 radical (unpaired) electrons. The average Bonchev–Trinajstić information content (AvgIpc) is 2.80. The molecule has 5 nitrogen and oxygen atoms in total. The maximum Gasteiger partial charge on any atom is 0.349 e. The van der Waals surface area contributed by atoms with Crippen LogP contribution in [0.25, 0.3) is 22.4 Å². The van der Waals surface area contributed by atoms with Crippen LogP contribution in [0.1, 0.15) is 11.7 Å². The normalized spacial score (nSPS) is 11.6. The van der Waals surface area contributed by atoms with Gasteiger partial charge >= 0.3 is 5.97 Å². The van der Waals surface area contributed by atoms with Crippen molar-refractivity contribution in [3.05, 3.63) is 103 Å². The summed E-state index contributed by atoms with van der Waals surface area (Å²) in [5, 5.41) is 9.76. The van der Waals surface area contributed by atoms with Crippen molar-refractivity contribution >= 4 is 11.7 Å². The van der Waals surface area contributed by atoms with Crippen LogP contribution in [0.3, 0.4) is 0 Å². The molecule has 4 aromatic rings. The molecule has 0 saturated heterocycles. The quantitative estimate of drug-likeness (QED) is 0.468. The minimum atomic E-state index is -1.23. The van der Waals surface area contributed by atoms with Gasteiger partial charge in [0, 0.05) is 16.7 Å². The van der Waals surface area contributed by atoms with E-state index in [0.29, 0.717) is 16.9 Å². The lowest BCUT2D eigenvalue weighted by molar-refractivity contribution is -0.145. The number of carboxylic acid groups (broad SMARTS) is 1. The number of nitrogens with zero attached hydrogens (tertiary/aromatic N) is 1. The summed E-state index contributed by atoms with van der Waals surface area (Å²) in [6.07, 6.45) is -1.23. The van der Waals surface area contributed by atoms with Crippen LogP contribution in [0.4, 0.5) is 5.69 Å². The molecule has 30 heavy (non-hydrogen) atoms. The Labute approximate surface area is 174 Å². The predicted molar refractivity (Wildman–Crippen MR) is 117 cm³/mol. The smallest absolute Gasteiger partial charge is 0.349 e. The zero-order chi connectivity index (χ0) is 20.9. The molecule has 0 bridgehead atoms. The fourth-order valence-corrected chi connectivity index (χ4v) is 3.24. The van der Waals surface area contributed by atoms with Crippen molar-refractivity contribution in [2.45, 2.75) is 6.10 Å². The van der Waals surface area contributed by atoms with E-state index in [0.717, 1.165) is 16.7 Å². The lowest BCUT2D eigenvalue weighted by Crippen LogP contribution is -2.19. The van der Waals surface area contributed by atoms with Gasteiger partial charge in [0.1, 0.15) is 5.69 Å². The Hall–Kier alpha value is -4.12. The Morgan fingerprint density at radius 1 is 0.833 bits per heavy atom. The first kappa shape index (κ1) is 19.2. The lowest BCUT2D eigenvalue weighted by Gasteiger charge is -2.19. The van der Waals surface area contributed by atoms with Gasteiger partial charge in [-0.25, -0.2) is 9.78 Å². The molecule has 0 saturated carbocycles. The van der Waals surface area contributed by atoms with Gasteiger partial charge in [0.2, 0.25) is 12.0 Å². The van der Waals surface area contributed by atoms with E-state index in [1.54, 1.807) is 24.3 Å². The van der Waals surface area contributed by atoms with Crippen LogP contribution in [0.2, 0.25) is 0 Å². The Kier molecular flexibility index (Phi) is 5.44. The first-order valence-electron chi connectivity index (χ1n) is 9.49. The van der Waals surface area contributed by atoms with E-state index in [-0.39, 0.29) is 5.88 Å². The van der Waals surface area contributed by atoms with Gasteiger partial charge in [0.15, 0.2) is 0 Å². The van der Waals surface area contributed by atoms with Gasteiger partial charge in [-0.05, 0) is 11.6 Å². The zero-order valence-electron chi connectivity index (χ0n) is 16.1. The molecule has 1 heterocycles. The summed E-state index contributed by atoms with van der Waals surface area (Å²) in [6, 6.07) is 29.9. The largest absolute Gasteiger partial charge is 0.478 e. The number of benzene rings is 3. The number of pyridine rings is 1. The molecule has 0 fully saturated rings. The van der Waals surface area contributed by atoms with Crippen LogP contribution in [0.15, 0.2) is 97.1 Å². The number of anilines is 1. The third-order valence-corrected chi connectivity index (χ3v) is 4.73. The molecule has 4 rings (SSSR count). The number of nitrogens with two attached hydrogens (primary N) is 1. The highest BCUT2D eigenvalue weighted by Crippen LogP contribution is 2.37. The number of hydrogen-bond donors (Lipinski definition) is 2. The zero-order valence-corrected chi connectivity index (χ0v) is 16.1. The maximum atomic E-state index is 11.9. The predicted octanol–water partition coefficient (Wildman–Crippen LogP) is 5.20. The van der Waals surface area contributed by atoms with E-state index < -0.39 is 12.1 Å². The number of hydrogen-bond acceptors (Lipinski definition) is 4. The molecule has 148 valence electrons. The van der Waals surface area contributed by atoms with Crippen molar-refractivity contribution in [3.8, 4) is 28.3 Å². The summed E-state index contributed by atoms with van der Waals surface area (Å²) < 4.78 is 5.88. The molecule has 5 heteroatoms. The van der Waals surface area contributed by atoms with Crippen molar-refractivity contribution in [2.75, 3.05) is 5.73 Å². The second-order valence-corrected chi connectivity index (χ2v) is 6.75. The van der Waals surface area contributed by atoms with Crippen LogP contribution in [0.5, 0.6) is 5.88 Å². The first-order chi connectivity index (χ1) is 14.6. The highest BCUT2D eigenvalue weighted by Gasteiger charge is 2.25. The fraction of sp³-hybridized carbons (Fsp3) is 0.0400. The van der Waals surface area contributed by atoms with Crippen molar-refractivity contribution < 1.29 is 14.6 Å². The second kappa shape index (κ2) is 8.49. The van der Waals surface area contributed by atoms with Gasteiger partial charge in [-0.15, -0.1) is 0 Å². The van der Waals surface area contributed by atoms with Gasteiger partial charge in [0.25, 0.3) is 0 Å². The first-order valence-corrected chi connectivity index (χ1v) is 9.49. The van der Waals surface area contributed by atoms with E-state index in [2.05, 4.69) is 4.98 Å². The molecule has 3 aromatic carbocycles. The summed E-state index contributed by atoms with van der Waals surface area (Å²) in [5.41, 5.74) is 10.4. The number of nitrogen functional groups attached to an aromatic ring is 1. The Bertz CT molecular complexity index is 1150. The molecular formula is C25H20N2O3. The molecule has 0 aliphatic rings. The third kappa shape index (κ3) is 4.00. The molecule has 1 aromatic heterocycles. The van der Waals surface area contributed by atoms with Gasteiger partial charge in [0.05, 0.1) is 5.69 Å². The third-order valence-electron chi connectivity index (χ3n) is 4.73. The SMILES string of the molecule is Nc1c(-c2ccccc2)cc(-c2ccccc2)nc1OC(C(=O)O)c1ccccc1. The van der Waals surface area contributed by atoms with Crippen LogP contribution in [-0.2, 0) is 4.79 Å². The molecule has 0 aliphatic heterocycles. The van der Waals surface area contributed by atoms with E-state index >= 15 is 0 Å². The lowest BCUT2D eigenvalue weighted by atomic mass is 10.0. The van der Waals surface area contributed by atoms with Crippen LogP contribution in [-0.4, -0.2) is 16.1 Å². The van der Waals surface area contributed by atoms with E-state index in [1.807, 2.05) is 72.8 Å². The minimum Gasteiger partial charge on any atom is -0.478 e. The van der Waals surface area contributed by atoms with Crippen LogP contribution < -0.4 is 10.5 Å². The van der Waals surface area contributed by atoms with Crippen molar-refractivity contribution in [1.82, 2.24) is 4.98 Å². The molecular weight excluding hydrogens is 376 g/mol. The summed E-state index contributed by atoms with van der Waals surface area (Å²) in [6.45, 7) is 0.